The summed E-state index contributed by atoms with van der Waals surface area (Å²) in [5.74, 6) is -0.547. The summed E-state index contributed by atoms with van der Waals surface area (Å²) in [6, 6.07) is 13.2. The third kappa shape index (κ3) is 3.31. The Morgan fingerprint density at radius 2 is 1.73 bits per heavy atom. The summed E-state index contributed by atoms with van der Waals surface area (Å²) in [5.41, 5.74) is 4.39. The number of imide groups is 1. The van der Waals surface area contributed by atoms with Crippen LogP contribution in [0.25, 0.3) is 5.57 Å². The van der Waals surface area contributed by atoms with E-state index in [-0.39, 0.29) is 17.9 Å². The zero-order valence-corrected chi connectivity index (χ0v) is 16.8. The molecular weight excluding hydrogens is 392 g/mol. The summed E-state index contributed by atoms with van der Waals surface area (Å²) in [4.78, 5) is 27.4. The van der Waals surface area contributed by atoms with Gasteiger partial charge in [-0.05, 0) is 57.0 Å². The van der Waals surface area contributed by atoms with Crippen molar-refractivity contribution in [3.63, 3.8) is 0 Å². The molecule has 0 fully saturated rings. The Balaban J connectivity index is 2.16. The van der Waals surface area contributed by atoms with Crippen molar-refractivity contribution in [2.24, 2.45) is 0 Å². The zero-order chi connectivity index (χ0) is 19.0. The molecule has 0 saturated carbocycles. The van der Waals surface area contributed by atoms with Gasteiger partial charge in [-0.2, -0.15) is 0 Å². The van der Waals surface area contributed by atoms with Crippen molar-refractivity contribution in [3.05, 3.63) is 69.3 Å². The highest BCUT2D eigenvalue weighted by Gasteiger charge is 2.40. The maximum atomic E-state index is 13.1. The highest BCUT2D eigenvalue weighted by atomic mass is 79.9. The van der Waals surface area contributed by atoms with Crippen molar-refractivity contribution in [1.82, 2.24) is 4.90 Å². The predicted molar refractivity (Wildman–Crippen MR) is 108 cm³/mol. The van der Waals surface area contributed by atoms with Crippen molar-refractivity contribution < 1.29 is 9.59 Å². The van der Waals surface area contributed by atoms with Gasteiger partial charge in [0.25, 0.3) is 11.8 Å². The molecule has 2 amide bonds. The lowest BCUT2D eigenvalue weighted by Gasteiger charge is -2.19. The Morgan fingerprint density at radius 3 is 2.35 bits per heavy atom. The van der Waals surface area contributed by atoms with Crippen molar-refractivity contribution in [3.8, 4) is 0 Å². The number of rotatable bonds is 4. The lowest BCUT2D eigenvalue weighted by atomic mass is 9.97. The number of carbonyl (C=O) groups is 2. The second-order valence-electron chi connectivity index (χ2n) is 6.78. The van der Waals surface area contributed by atoms with Crippen LogP contribution in [0.1, 0.15) is 30.5 Å². The van der Waals surface area contributed by atoms with Crippen LogP contribution in [-0.4, -0.2) is 22.8 Å². The van der Waals surface area contributed by atoms with E-state index in [1.165, 1.54) is 4.90 Å². The van der Waals surface area contributed by atoms with Gasteiger partial charge in [-0.25, -0.2) is 0 Å². The lowest BCUT2D eigenvalue weighted by Crippen LogP contribution is -2.38. The molecular formula is C21H21BrN2O2. The number of benzene rings is 2. The molecule has 0 spiro atoms. The molecule has 0 bridgehead atoms. The van der Waals surface area contributed by atoms with Gasteiger partial charge in [0.15, 0.2) is 0 Å². The minimum atomic E-state index is -0.292. The van der Waals surface area contributed by atoms with Crippen LogP contribution in [0.3, 0.4) is 0 Å². The molecule has 2 aromatic carbocycles. The van der Waals surface area contributed by atoms with Gasteiger partial charge in [-0.3, -0.25) is 14.5 Å². The molecule has 0 radical (unpaired) electrons. The van der Waals surface area contributed by atoms with Gasteiger partial charge in [0.1, 0.15) is 5.70 Å². The topological polar surface area (TPSA) is 49.4 Å². The van der Waals surface area contributed by atoms with E-state index in [0.29, 0.717) is 11.3 Å². The Bertz CT molecular complexity index is 931. The van der Waals surface area contributed by atoms with Crippen LogP contribution in [0.5, 0.6) is 0 Å². The third-order valence-electron chi connectivity index (χ3n) is 4.38. The van der Waals surface area contributed by atoms with Gasteiger partial charge in [-0.15, -0.1) is 0 Å². The fraction of sp³-hybridized carbons (Fsp3) is 0.238. The first-order chi connectivity index (χ1) is 12.3. The fourth-order valence-electron chi connectivity index (χ4n) is 3.19. The van der Waals surface area contributed by atoms with Crippen LogP contribution in [0.2, 0.25) is 0 Å². The quantitative estimate of drug-likeness (QED) is 0.742. The van der Waals surface area contributed by atoms with Crippen LogP contribution in [0, 0.1) is 13.8 Å². The summed E-state index contributed by atoms with van der Waals surface area (Å²) >= 11 is 3.43. The highest BCUT2D eigenvalue weighted by molar-refractivity contribution is 9.10. The summed E-state index contributed by atoms with van der Waals surface area (Å²) in [6.07, 6.45) is 0. The number of halogens is 1. The van der Waals surface area contributed by atoms with E-state index >= 15 is 0 Å². The van der Waals surface area contributed by atoms with E-state index in [4.69, 9.17) is 0 Å². The Hall–Kier alpha value is -2.40. The normalized spacial score (nSPS) is 14.6. The van der Waals surface area contributed by atoms with Gasteiger partial charge >= 0.3 is 0 Å². The fourth-order valence-corrected chi connectivity index (χ4v) is 3.59. The molecule has 0 unspecified atom stereocenters. The predicted octanol–water partition coefficient (Wildman–Crippen LogP) is 4.67. The molecule has 3 rings (SSSR count). The second-order valence-corrected chi connectivity index (χ2v) is 7.69. The van der Waals surface area contributed by atoms with E-state index < -0.39 is 0 Å². The van der Waals surface area contributed by atoms with Gasteiger partial charge in [-0.1, -0.05) is 45.8 Å². The first kappa shape index (κ1) is 18.4. The average Bonchev–Trinajstić information content (AvgIpc) is 2.79. The van der Waals surface area contributed by atoms with Crippen molar-refractivity contribution in [2.45, 2.75) is 33.7 Å². The number of hydrogen-bond donors (Lipinski definition) is 1. The molecule has 5 heteroatoms. The minimum Gasteiger partial charge on any atom is -0.350 e. The van der Waals surface area contributed by atoms with E-state index in [2.05, 4.69) is 21.2 Å². The summed E-state index contributed by atoms with van der Waals surface area (Å²) in [7, 11) is 0. The van der Waals surface area contributed by atoms with Gasteiger partial charge in [0.05, 0.1) is 5.57 Å². The van der Waals surface area contributed by atoms with Crippen molar-refractivity contribution >= 4 is 39.0 Å². The molecule has 0 saturated heterocycles. The number of aryl methyl sites for hydroxylation is 2. The zero-order valence-electron chi connectivity index (χ0n) is 15.3. The molecule has 4 nitrogen and oxygen atoms in total. The highest BCUT2D eigenvalue weighted by Crippen LogP contribution is 2.33. The SMILES string of the molecule is Cc1ccc(C2=C(Nc3cccc(Br)c3)C(=O)N(C(C)C)C2=O)c(C)c1. The van der Waals surface area contributed by atoms with Crippen LogP contribution in [-0.2, 0) is 9.59 Å². The largest absolute Gasteiger partial charge is 0.350 e. The van der Waals surface area contributed by atoms with Crippen molar-refractivity contribution in [2.75, 3.05) is 5.32 Å². The summed E-state index contributed by atoms with van der Waals surface area (Å²) < 4.78 is 0.897. The van der Waals surface area contributed by atoms with E-state index in [0.717, 1.165) is 26.9 Å². The Morgan fingerprint density at radius 1 is 1.00 bits per heavy atom. The number of anilines is 1. The van der Waals surface area contributed by atoms with E-state index in [1.807, 2.05) is 70.2 Å². The van der Waals surface area contributed by atoms with Crippen LogP contribution in [0.15, 0.2) is 52.6 Å². The molecule has 1 aliphatic rings. The van der Waals surface area contributed by atoms with Gasteiger partial charge in [0, 0.05) is 16.2 Å². The average molecular weight is 413 g/mol. The van der Waals surface area contributed by atoms with Crippen LogP contribution >= 0.6 is 15.9 Å². The molecule has 1 N–H and O–H groups in total. The van der Waals surface area contributed by atoms with Gasteiger partial charge < -0.3 is 5.32 Å². The minimum absolute atomic E-state index is 0.211. The second kappa shape index (κ2) is 7.08. The molecule has 0 aliphatic carbocycles. The maximum absolute atomic E-state index is 13.1. The van der Waals surface area contributed by atoms with E-state index in [9.17, 15) is 9.59 Å². The molecule has 26 heavy (non-hydrogen) atoms. The molecule has 0 atom stereocenters. The summed E-state index contributed by atoms with van der Waals surface area (Å²) in [5, 5.41) is 3.17. The molecule has 2 aromatic rings. The lowest BCUT2D eigenvalue weighted by molar-refractivity contribution is -0.138. The van der Waals surface area contributed by atoms with Crippen LogP contribution < -0.4 is 5.32 Å². The maximum Gasteiger partial charge on any atom is 0.278 e. The van der Waals surface area contributed by atoms with E-state index in [1.54, 1.807) is 0 Å². The molecule has 1 aliphatic heterocycles. The Labute approximate surface area is 162 Å². The standard InChI is InChI=1S/C21H21BrN2O2/c1-12(2)24-20(25)18(17-9-8-13(3)10-14(17)4)19(21(24)26)23-16-7-5-6-15(22)11-16/h5-12,23H,1-4H3. The Kier molecular flexibility index (Phi) is 5.01. The monoisotopic (exact) mass is 412 g/mol. The number of hydrogen-bond acceptors (Lipinski definition) is 3. The van der Waals surface area contributed by atoms with Crippen molar-refractivity contribution in [1.29, 1.82) is 0 Å². The number of nitrogens with one attached hydrogen (secondary N) is 1. The van der Waals surface area contributed by atoms with Crippen LogP contribution in [0.4, 0.5) is 5.69 Å². The molecule has 134 valence electrons. The number of nitrogens with zero attached hydrogens (tertiary/aromatic N) is 1. The number of carbonyl (C=O) groups excluding carboxylic acids is 2. The third-order valence-corrected chi connectivity index (χ3v) is 4.87. The first-order valence-electron chi connectivity index (χ1n) is 8.52. The number of amides is 2. The first-order valence-corrected chi connectivity index (χ1v) is 9.31. The molecule has 0 aromatic heterocycles. The molecule has 1 heterocycles. The van der Waals surface area contributed by atoms with Gasteiger partial charge in [0.2, 0.25) is 0 Å². The summed E-state index contributed by atoms with van der Waals surface area (Å²) in [6.45, 7) is 7.66. The smallest absolute Gasteiger partial charge is 0.278 e.